The molecule has 0 spiro atoms. The van der Waals surface area contributed by atoms with Crippen molar-refractivity contribution in [3.8, 4) is 0 Å². The van der Waals surface area contributed by atoms with Gasteiger partial charge in [0.05, 0.1) is 0 Å². The third-order valence-corrected chi connectivity index (χ3v) is 3.79. The van der Waals surface area contributed by atoms with Crippen LogP contribution in [0.3, 0.4) is 0 Å². The summed E-state index contributed by atoms with van der Waals surface area (Å²) in [6, 6.07) is 0.449. The van der Waals surface area contributed by atoms with E-state index in [9.17, 15) is 4.79 Å². The Morgan fingerprint density at radius 1 is 1.40 bits per heavy atom. The van der Waals surface area contributed by atoms with Crippen LogP contribution in [0.1, 0.15) is 46.0 Å². The minimum absolute atomic E-state index is 0.357. The molecule has 0 aliphatic carbocycles. The Labute approximate surface area is 102 Å². The lowest BCUT2D eigenvalue weighted by atomic mass is 9.93. The summed E-state index contributed by atoms with van der Waals surface area (Å²) >= 11 is 3.39. The summed E-state index contributed by atoms with van der Waals surface area (Å²) in [6.45, 7) is 5.43. The molecule has 0 N–H and O–H groups in total. The average molecular weight is 276 g/mol. The molecule has 1 fully saturated rings. The molecule has 15 heavy (non-hydrogen) atoms. The maximum absolute atomic E-state index is 11.9. The standard InChI is InChI=1S/C12H22BrNO/c1-10-6-8-14(11(2)9-10)12(15)5-3-4-7-13/h10-11H,3-9H2,1-2H3. The van der Waals surface area contributed by atoms with E-state index in [1.165, 1.54) is 12.8 Å². The number of carbonyl (C=O) groups is 1. The summed E-state index contributed by atoms with van der Waals surface area (Å²) in [5, 5.41) is 1.01. The van der Waals surface area contributed by atoms with E-state index in [-0.39, 0.29) is 0 Å². The van der Waals surface area contributed by atoms with E-state index in [1.54, 1.807) is 0 Å². The van der Waals surface area contributed by atoms with Gasteiger partial charge in [0.15, 0.2) is 0 Å². The molecule has 1 rings (SSSR count). The van der Waals surface area contributed by atoms with Gasteiger partial charge < -0.3 is 4.90 Å². The highest BCUT2D eigenvalue weighted by atomic mass is 79.9. The monoisotopic (exact) mass is 275 g/mol. The molecule has 0 radical (unpaired) electrons. The van der Waals surface area contributed by atoms with Crippen LogP contribution in [0.25, 0.3) is 0 Å². The van der Waals surface area contributed by atoms with Crippen molar-refractivity contribution < 1.29 is 4.79 Å². The summed E-state index contributed by atoms with van der Waals surface area (Å²) in [4.78, 5) is 14.0. The van der Waals surface area contributed by atoms with Gasteiger partial charge in [0.25, 0.3) is 0 Å². The van der Waals surface area contributed by atoms with E-state index in [0.29, 0.717) is 11.9 Å². The number of likely N-dealkylation sites (tertiary alicyclic amines) is 1. The highest BCUT2D eigenvalue weighted by molar-refractivity contribution is 9.09. The Morgan fingerprint density at radius 2 is 2.13 bits per heavy atom. The summed E-state index contributed by atoms with van der Waals surface area (Å²) in [5.74, 6) is 1.14. The molecule has 0 aromatic carbocycles. The molecule has 0 bridgehead atoms. The fourth-order valence-corrected chi connectivity index (χ4v) is 2.69. The topological polar surface area (TPSA) is 20.3 Å². The Bertz CT molecular complexity index is 208. The van der Waals surface area contributed by atoms with E-state index in [0.717, 1.165) is 37.1 Å². The quantitative estimate of drug-likeness (QED) is 0.570. The van der Waals surface area contributed by atoms with Gasteiger partial charge in [-0.25, -0.2) is 0 Å². The van der Waals surface area contributed by atoms with E-state index in [4.69, 9.17) is 0 Å². The van der Waals surface area contributed by atoms with Gasteiger partial charge in [-0.3, -0.25) is 4.79 Å². The molecule has 1 aliphatic heterocycles. The van der Waals surface area contributed by atoms with E-state index in [1.807, 2.05) is 0 Å². The van der Waals surface area contributed by atoms with Crippen molar-refractivity contribution >= 4 is 21.8 Å². The number of unbranched alkanes of at least 4 members (excludes halogenated alkanes) is 1. The Kier molecular flexibility index (Phi) is 5.65. The summed E-state index contributed by atoms with van der Waals surface area (Å²) < 4.78 is 0. The predicted molar refractivity (Wildman–Crippen MR) is 67.2 cm³/mol. The van der Waals surface area contributed by atoms with Crippen molar-refractivity contribution in [1.29, 1.82) is 0 Å². The molecular formula is C12H22BrNO. The molecule has 0 aromatic heterocycles. The van der Waals surface area contributed by atoms with Crippen molar-refractivity contribution in [2.45, 2.75) is 52.0 Å². The summed E-state index contributed by atoms with van der Waals surface area (Å²) in [7, 11) is 0. The van der Waals surface area contributed by atoms with Crippen LogP contribution in [0.5, 0.6) is 0 Å². The number of alkyl halides is 1. The SMILES string of the molecule is CC1CCN(C(=O)CCCCBr)C(C)C1. The number of hydrogen-bond acceptors (Lipinski definition) is 1. The zero-order chi connectivity index (χ0) is 11.3. The average Bonchev–Trinajstić information content (AvgIpc) is 2.17. The van der Waals surface area contributed by atoms with Crippen LogP contribution in [0, 0.1) is 5.92 Å². The Balaban J connectivity index is 2.32. The van der Waals surface area contributed by atoms with Gasteiger partial charge in [-0.05, 0) is 38.5 Å². The second-order valence-electron chi connectivity index (χ2n) is 4.71. The fraction of sp³-hybridized carbons (Fsp3) is 0.917. The van der Waals surface area contributed by atoms with Gasteiger partial charge >= 0.3 is 0 Å². The van der Waals surface area contributed by atoms with Gasteiger partial charge in [0.2, 0.25) is 5.91 Å². The lowest BCUT2D eigenvalue weighted by molar-refractivity contribution is -0.135. The van der Waals surface area contributed by atoms with Crippen LogP contribution in [0.15, 0.2) is 0 Å². The highest BCUT2D eigenvalue weighted by Crippen LogP contribution is 2.22. The number of hydrogen-bond donors (Lipinski definition) is 0. The second kappa shape index (κ2) is 6.51. The fourth-order valence-electron chi connectivity index (χ4n) is 2.29. The lowest BCUT2D eigenvalue weighted by Gasteiger charge is -2.36. The van der Waals surface area contributed by atoms with Crippen molar-refractivity contribution in [2.75, 3.05) is 11.9 Å². The van der Waals surface area contributed by atoms with E-state index >= 15 is 0 Å². The smallest absolute Gasteiger partial charge is 0.222 e. The number of piperidine rings is 1. The third kappa shape index (κ3) is 4.13. The molecule has 2 atom stereocenters. The molecule has 2 nitrogen and oxygen atoms in total. The molecule has 3 heteroatoms. The van der Waals surface area contributed by atoms with Crippen molar-refractivity contribution in [1.82, 2.24) is 4.90 Å². The van der Waals surface area contributed by atoms with E-state index < -0.39 is 0 Å². The molecule has 88 valence electrons. The van der Waals surface area contributed by atoms with Gasteiger partial charge in [-0.1, -0.05) is 22.9 Å². The normalized spacial score (nSPS) is 26.7. The highest BCUT2D eigenvalue weighted by Gasteiger charge is 2.25. The van der Waals surface area contributed by atoms with Crippen LogP contribution in [0.2, 0.25) is 0 Å². The molecular weight excluding hydrogens is 254 g/mol. The zero-order valence-electron chi connectivity index (χ0n) is 9.84. The molecule has 0 saturated carbocycles. The van der Waals surface area contributed by atoms with Gasteiger partial charge in [0.1, 0.15) is 0 Å². The maximum Gasteiger partial charge on any atom is 0.222 e. The summed E-state index contributed by atoms with van der Waals surface area (Å²) in [6.07, 6.45) is 5.19. The molecule has 2 unspecified atom stereocenters. The number of rotatable bonds is 4. The van der Waals surface area contributed by atoms with Crippen molar-refractivity contribution in [3.63, 3.8) is 0 Å². The van der Waals surface area contributed by atoms with Crippen molar-refractivity contribution in [2.24, 2.45) is 5.92 Å². The maximum atomic E-state index is 11.9. The molecule has 1 amide bonds. The Hall–Kier alpha value is -0.0500. The molecule has 1 aliphatic rings. The molecule has 1 saturated heterocycles. The molecule has 0 aromatic rings. The largest absolute Gasteiger partial charge is 0.340 e. The Morgan fingerprint density at radius 3 is 2.73 bits per heavy atom. The van der Waals surface area contributed by atoms with Crippen LogP contribution in [0.4, 0.5) is 0 Å². The second-order valence-corrected chi connectivity index (χ2v) is 5.50. The lowest BCUT2D eigenvalue weighted by Crippen LogP contribution is -2.44. The first-order chi connectivity index (χ1) is 7.15. The van der Waals surface area contributed by atoms with Crippen LogP contribution in [-0.4, -0.2) is 28.7 Å². The van der Waals surface area contributed by atoms with Gasteiger partial charge in [-0.2, -0.15) is 0 Å². The zero-order valence-corrected chi connectivity index (χ0v) is 11.4. The number of carbonyl (C=O) groups excluding carboxylic acids is 1. The minimum atomic E-state index is 0.357. The van der Waals surface area contributed by atoms with Crippen LogP contribution in [-0.2, 0) is 4.79 Å². The third-order valence-electron chi connectivity index (χ3n) is 3.23. The number of nitrogens with zero attached hydrogens (tertiary/aromatic N) is 1. The first-order valence-corrected chi connectivity index (χ1v) is 7.12. The van der Waals surface area contributed by atoms with Gasteiger partial charge in [0, 0.05) is 24.3 Å². The van der Waals surface area contributed by atoms with Crippen LogP contribution < -0.4 is 0 Å². The number of amides is 1. The first-order valence-electron chi connectivity index (χ1n) is 6.00. The first kappa shape index (κ1) is 13.0. The van der Waals surface area contributed by atoms with E-state index in [2.05, 4.69) is 34.7 Å². The number of halogens is 1. The van der Waals surface area contributed by atoms with Crippen LogP contribution >= 0.6 is 15.9 Å². The van der Waals surface area contributed by atoms with Gasteiger partial charge in [-0.15, -0.1) is 0 Å². The predicted octanol–water partition coefficient (Wildman–Crippen LogP) is 3.20. The van der Waals surface area contributed by atoms with Crippen molar-refractivity contribution in [3.05, 3.63) is 0 Å². The molecule has 1 heterocycles. The summed E-state index contributed by atoms with van der Waals surface area (Å²) in [5.41, 5.74) is 0. The minimum Gasteiger partial charge on any atom is -0.340 e.